The number of carboxylic acids is 1. The Kier molecular flexibility index (Phi) is 8.29. The normalized spacial score (nSPS) is 19.5. The van der Waals surface area contributed by atoms with Gasteiger partial charge in [0.2, 0.25) is 0 Å². The lowest BCUT2D eigenvalue weighted by molar-refractivity contribution is -0.138. The molecule has 0 aromatic heterocycles. The van der Waals surface area contributed by atoms with Gasteiger partial charge in [-0.15, -0.1) is 0 Å². The Balaban J connectivity index is 2.48. The van der Waals surface area contributed by atoms with Crippen molar-refractivity contribution in [3.63, 3.8) is 0 Å². The lowest BCUT2D eigenvalue weighted by Crippen LogP contribution is -2.47. The Morgan fingerprint density at radius 3 is 1.91 bits per heavy atom. The quantitative estimate of drug-likeness (QED) is 0.646. The van der Waals surface area contributed by atoms with E-state index in [-0.39, 0.29) is 12.6 Å². The van der Waals surface area contributed by atoms with Crippen LogP contribution in [0.2, 0.25) is 0 Å². The van der Waals surface area contributed by atoms with E-state index in [1.807, 2.05) is 25.7 Å². The van der Waals surface area contributed by atoms with Crippen LogP contribution < -0.4 is 10.6 Å². The van der Waals surface area contributed by atoms with Crippen molar-refractivity contribution in [2.45, 2.75) is 26.4 Å². The fraction of sp³-hybridized carbons (Fsp3) is 0.867. The van der Waals surface area contributed by atoms with Gasteiger partial charge in [0.1, 0.15) is 5.60 Å². The maximum Gasteiger partial charge on any atom is 0.410 e. The van der Waals surface area contributed by atoms with Crippen molar-refractivity contribution in [1.82, 2.24) is 20.4 Å². The summed E-state index contributed by atoms with van der Waals surface area (Å²) in [5, 5.41) is 15.4. The number of carboxylic acid groups (broad SMARTS) is 1. The predicted octanol–water partition coefficient (Wildman–Crippen LogP) is -0.197. The van der Waals surface area contributed by atoms with Crippen molar-refractivity contribution in [2.75, 3.05) is 58.9 Å². The summed E-state index contributed by atoms with van der Waals surface area (Å²) in [5.74, 6) is -0.812. The highest BCUT2D eigenvalue weighted by Gasteiger charge is 2.21. The van der Waals surface area contributed by atoms with Gasteiger partial charge in [-0.1, -0.05) is 0 Å². The molecule has 1 heterocycles. The number of carbonyl (C=O) groups excluding carboxylic acids is 1. The van der Waals surface area contributed by atoms with Crippen LogP contribution in [-0.4, -0.2) is 91.5 Å². The maximum absolute atomic E-state index is 12.2. The Morgan fingerprint density at radius 1 is 1.00 bits per heavy atom. The molecule has 8 heteroatoms. The number of aliphatic carboxylic acids is 1. The van der Waals surface area contributed by atoms with Crippen LogP contribution in [0.1, 0.15) is 20.8 Å². The van der Waals surface area contributed by atoms with Gasteiger partial charge in [-0.3, -0.25) is 9.69 Å². The van der Waals surface area contributed by atoms with Crippen molar-refractivity contribution in [3.05, 3.63) is 0 Å². The van der Waals surface area contributed by atoms with Gasteiger partial charge in [-0.05, 0) is 20.8 Å². The first kappa shape index (κ1) is 19.7. The van der Waals surface area contributed by atoms with Gasteiger partial charge in [0.25, 0.3) is 0 Å². The molecule has 0 spiro atoms. The molecule has 1 rings (SSSR count). The van der Waals surface area contributed by atoms with E-state index < -0.39 is 11.6 Å². The molecule has 0 unspecified atom stereocenters. The molecular formula is C15H30N4O4. The second kappa shape index (κ2) is 9.69. The van der Waals surface area contributed by atoms with Gasteiger partial charge >= 0.3 is 12.1 Å². The molecule has 0 bridgehead atoms. The summed E-state index contributed by atoms with van der Waals surface area (Å²) in [6.45, 7) is 10.8. The zero-order valence-electron chi connectivity index (χ0n) is 14.4. The number of nitrogens with zero attached hydrogens (tertiary/aromatic N) is 2. The molecule has 8 nitrogen and oxygen atoms in total. The van der Waals surface area contributed by atoms with Crippen LogP contribution in [0.5, 0.6) is 0 Å². The molecule has 1 aliphatic rings. The molecule has 23 heavy (non-hydrogen) atoms. The third-order valence-electron chi connectivity index (χ3n) is 3.34. The molecule has 1 saturated heterocycles. The van der Waals surface area contributed by atoms with Crippen molar-refractivity contribution in [3.8, 4) is 0 Å². The Bertz CT molecular complexity index is 370. The lowest BCUT2D eigenvalue weighted by Gasteiger charge is -2.28. The van der Waals surface area contributed by atoms with Crippen LogP contribution in [0.4, 0.5) is 4.79 Å². The van der Waals surface area contributed by atoms with E-state index in [2.05, 4.69) is 10.6 Å². The van der Waals surface area contributed by atoms with Crippen LogP contribution in [0, 0.1) is 0 Å². The molecule has 134 valence electrons. The Hall–Kier alpha value is -1.38. The number of nitrogens with one attached hydrogen (secondary N) is 2. The molecule has 1 aliphatic heterocycles. The van der Waals surface area contributed by atoms with E-state index in [0.717, 1.165) is 0 Å². The van der Waals surface area contributed by atoms with Crippen molar-refractivity contribution >= 4 is 12.1 Å². The standard InChI is InChI=1S/C15H30N4O4/c1-15(2,3)23-14(22)19-10-6-16-4-8-18(12-13(20)21)9-5-17-7-11-19/h16-17H,4-12H2,1-3H3,(H,20,21). The Labute approximate surface area is 138 Å². The van der Waals surface area contributed by atoms with E-state index in [1.54, 1.807) is 4.90 Å². The van der Waals surface area contributed by atoms with Gasteiger partial charge in [0, 0.05) is 52.4 Å². The number of ether oxygens (including phenoxy) is 1. The summed E-state index contributed by atoms with van der Waals surface area (Å²) in [6.07, 6.45) is -0.300. The zero-order chi connectivity index (χ0) is 17.3. The van der Waals surface area contributed by atoms with Crippen LogP contribution in [0.25, 0.3) is 0 Å². The average Bonchev–Trinajstić information content (AvgIpc) is 2.39. The fourth-order valence-corrected chi connectivity index (χ4v) is 2.23. The van der Waals surface area contributed by atoms with Crippen LogP contribution in [0.3, 0.4) is 0 Å². The first-order valence-electron chi connectivity index (χ1n) is 8.11. The third-order valence-corrected chi connectivity index (χ3v) is 3.34. The first-order chi connectivity index (χ1) is 10.8. The maximum atomic E-state index is 12.2. The molecule has 1 amide bonds. The molecule has 1 fully saturated rings. The number of amides is 1. The number of hydrogen-bond donors (Lipinski definition) is 3. The predicted molar refractivity (Wildman–Crippen MR) is 87.6 cm³/mol. The number of hydrogen-bond acceptors (Lipinski definition) is 6. The summed E-state index contributed by atoms with van der Waals surface area (Å²) in [5.41, 5.74) is -0.501. The van der Waals surface area contributed by atoms with Gasteiger partial charge in [0.05, 0.1) is 6.54 Å². The third kappa shape index (κ3) is 9.37. The largest absolute Gasteiger partial charge is 0.480 e. The molecular weight excluding hydrogens is 300 g/mol. The van der Waals surface area contributed by atoms with Crippen LogP contribution >= 0.6 is 0 Å². The molecule has 0 saturated carbocycles. The second-order valence-corrected chi connectivity index (χ2v) is 6.64. The van der Waals surface area contributed by atoms with Gasteiger partial charge in [-0.25, -0.2) is 4.79 Å². The van der Waals surface area contributed by atoms with E-state index in [4.69, 9.17) is 9.84 Å². The molecule has 0 aromatic carbocycles. The molecule has 0 radical (unpaired) electrons. The number of rotatable bonds is 2. The minimum absolute atomic E-state index is 0.0490. The highest BCUT2D eigenvalue weighted by Crippen LogP contribution is 2.09. The SMILES string of the molecule is CC(C)(C)OC(=O)N1CCNCCN(CC(=O)O)CCNCC1. The van der Waals surface area contributed by atoms with Crippen molar-refractivity contribution < 1.29 is 19.4 Å². The summed E-state index contributed by atoms with van der Waals surface area (Å²) < 4.78 is 5.42. The summed E-state index contributed by atoms with van der Waals surface area (Å²) in [7, 11) is 0. The molecule has 0 aliphatic carbocycles. The molecule has 0 aromatic rings. The van der Waals surface area contributed by atoms with E-state index in [1.165, 1.54) is 0 Å². The van der Waals surface area contributed by atoms with Crippen molar-refractivity contribution in [2.24, 2.45) is 0 Å². The Morgan fingerprint density at radius 2 is 1.48 bits per heavy atom. The fourth-order valence-electron chi connectivity index (χ4n) is 2.23. The monoisotopic (exact) mass is 330 g/mol. The van der Waals surface area contributed by atoms with Gasteiger partial charge in [-0.2, -0.15) is 0 Å². The smallest absolute Gasteiger partial charge is 0.410 e. The van der Waals surface area contributed by atoms with Gasteiger partial charge < -0.3 is 25.4 Å². The average molecular weight is 330 g/mol. The van der Waals surface area contributed by atoms with Crippen molar-refractivity contribution in [1.29, 1.82) is 0 Å². The summed E-state index contributed by atoms with van der Waals surface area (Å²) in [4.78, 5) is 26.6. The lowest BCUT2D eigenvalue weighted by atomic mass is 10.2. The first-order valence-corrected chi connectivity index (χ1v) is 8.11. The minimum atomic E-state index is -0.812. The van der Waals surface area contributed by atoms with Crippen LogP contribution in [0.15, 0.2) is 0 Å². The summed E-state index contributed by atoms with van der Waals surface area (Å²) in [6, 6.07) is 0. The highest BCUT2D eigenvalue weighted by molar-refractivity contribution is 5.69. The van der Waals surface area contributed by atoms with E-state index in [0.29, 0.717) is 52.4 Å². The summed E-state index contributed by atoms with van der Waals surface area (Å²) >= 11 is 0. The van der Waals surface area contributed by atoms with Gasteiger partial charge in [0.15, 0.2) is 0 Å². The molecule has 3 N–H and O–H groups in total. The second-order valence-electron chi connectivity index (χ2n) is 6.64. The number of carbonyl (C=O) groups is 2. The van der Waals surface area contributed by atoms with E-state index in [9.17, 15) is 9.59 Å². The van der Waals surface area contributed by atoms with E-state index >= 15 is 0 Å². The van der Waals surface area contributed by atoms with Crippen LogP contribution in [-0.2, 0) is 9.53 Å². The molecule has 0 atom stereocenters. The highest BCUT2D eigenvalue weighted by atomic mass is 16.6. The minimum Gasteiger partial charge on any atom is -0.480 e. The topological polar surface area (TPSA) is 94.1 Å². The zero-order valence-corrected chi connectivity index (χ0v) is 14.4.